The van der Waals surface area contributed by atoms with E-state index >= 15 is 0 Å². The predicted octanol–water partition coefficient (Wildman–Crippen LogP) is 0.711. The lowest BCUT2D eigenvalue weighted by Gasteiger charge is -2.31. The second-order valence-corrected chi connectivity index (χ2v) is 6.81. The summed E-state index contributed by atoms with van der Waals surface area (Å²) < 4.78 is 8.47. The smallest absolute Gasteiger partial charge is 0.341 e. The van der Waals surface area contributed by atoms with E-state index < -0.39 is 41.7 Å². The van der Waals surface area contributed by atoms with Gasteiger partial charge in [0.2, 0.25) is 5.91 Å². The van der Waals surface area contributed by atoms with Gasteiger partial charge in [-0.2, -0.15) is 0 Å². The number of imide groups is 1. The minimum Gasteiger partial charge on any atom is -0.341 e. The third kappa shape index (κ3) is 5.26. The number of likely N-dealkylation sites (N-methyl/N-ethyl adjacent to an activating group) is 1. The number of amides is 3. The van der Waals surface area contributed by atoms with Crippen molar-refractivity contribution in [3.8, 4) is 0 Å². The molecule has 0 saturated carbocycles. The maximum atomic E-state index is 12.7. The van der Waals surface area contributed by atoms with Crippen molar-refractivity contribution in [2.24, 2.45) is 11.8 Å². The van der Waals surface area contributed by atoms with Crippen molar-refractivity contribution in [2.45, 2.75) is 59.0 Å². The Labute approximate surface area is 150 Å². The molecule has 0 aromatic heterocycles. The molecule has 1 heterocycles. The first-order valence-electron chi connectivity index (χ1n) is 9.02. The van der Waals surface area contributed by atoms with Gasteiger partial charge in [0.05, 0.1) is 7.41 Å². The van der Waals surface area contributed by atoms with Gasteiger partial charge in [-0.3, -0.25) is 19.3 Å². The van der Waals surface area contributed by atoms with E-state index in [-0.39, 0.29) is 18.8 Å². The lowest BCUT2D eigenvalue weighted by Crippen LogP contribution is -2.54. The molecule has 1 N–H and O–H groups in total. The fourth-order valence-corrected chi connectivity index (χ4v) is 2.65. The highest BCUT2D eigenvalue weighted by molar-refractivity contribution is 6.02. The van der Waals surface area contributed by atoms with Crippen LogP contribution < -0.4 is 5.32 Å². The molecule has 0 radical (unpaired) electrons. The average molecular weight is 363 g/mol. The standard InChI is InChI=1S/C17H29N3O5/c1-7-11(4)15(19(5)6)16(23)18-14(10(2)3)17(24)25-20-12(21)8-9-13(20)22/h10-11,14-15H,7-9H2,1-6H3,(H,18,23)/i14D,16+1,18+1,19+1,23+2,24+2. The van der Waals surface area contributed by atoms with Crippen molar-refractivity contribution >= 4 is 23.7 Å². The molecule has 8 nitrogen and oxygen atoms in total. The van der Waals surface area contributed by atoms with Crippen molar-refractivity contribution in [3.05, 3.63) is 0 Å². The van der Waals surface area contributed by atoms with E-state index in [4.69, 9.17) is 6.21 Å². The molecule has 0 aromatic rings. The summed E-state index contributed by atoms with van der Waals surface area (Å²) in [5.74, 6) is -3.56. The van der Waals surface area contributed by atoms with Crippen molar-refractivity contribution in [2.75, 3.05) is 14.1 Å². The minimum absolute atomic E-state index is 0.000768. The highest BCUT2D eigenvalue weighted by Gasteiger charge is 2.37. The van der Waals surface area contributed by atoms with Gasteiger partial charge in [0, 0.05) is 12.8 Å². The molecule has 0 spiro atoms. The normalized spacial score (nSPS) is 20.3. The molecule has 1 aliphatic heterocycles. The molecule has 0 aromatic carbocycles. The monoisotopic (exact) mass is 363 g/mol. The maximum absolute atomic E-state index is 12.7. The molecule has 0 aliphatic carbocycles. The van der Waals surface area contributed by atoms with Crippen LogP contribution in [0, 0.1) is 11.8 Å². The van der Waals surface area contributed by atoms with Gasteiger partial charge in [0.15, 0.2) is 0 Å². The number of rotatable bonds is 8. The van der Waals surface area contributed by atoms with Gasteiger partial charge in [-0.05, 0) is 25.9 Å². The Kier molecular flexibility index (Phi) is 6.92. The lowest BCUT2D eigenvalue weighted by molar-refractivity contribution is -0.199. The third-order valence-electron chi connectivity index (χ3n) is 4.24. The topological polar surface area (TPSA) is 96.0 Å². The minimum atomic E-state index is -2.12. The molecular formula is C17H29N3O5. The summed E-state index contributed by atoms with van der Waals surface area (Å²) in [7, 11) is 3.49. The summed E-state index contributed by atoms with van der Waals surface area (Å²) in [5, 5.41) is 2.84. The van der Waals surface area contributed by atoms with Gasteiger partial charge in [0.25, 0.3) is 11.8 Å². The van der Waals surface area contributed by atoms with E-state index in [0.717, 1.165) is 6.42 Å². The molecule has 142 valence electrons. The number of carbonyl (C=O) groups is 4. The lowest BCUT2D eigenvalue weighted by atomic mass is 10.0. The van der Waals surface area contributed by atoms with E-state index in [1.807, 2.05) is 13.8 Å². The SMILES string of the molecule is [2H]C([15NH][13C](=[18O])C(C(C)CC)[15N](C)C)(C(=[18O])ON1C(=O)CCC1=O)C(C)C. The summed E-state index contributed by atoms with van der Waals surface area (Å²) in [6.45, 7) is 7.01. The van der Waals surface area contributed by atoms with Crippen molar-refractivity contribution < 1.29 is 25.4 Å². The van der Waals surface area contributed by atoms with Crippen LogP contribution in [-0.2, 0) is 24.0 Å². The van der Waals surface area contributed by atoms with Crippen LogP contribution in [0.15, 0.2) is 0 Å². The molecule has 1 fully saturated rings. The maximum Gasteiger partial charge on any atom is 0.355 e. The second-order valence-electron chi connectivity index (χ2n) is 6.81. The van der Waals surface area contributed by atoms with Crippen LogP contribution in [-0.4, -0.2) is 59.8 Å². The predicted molar refractivity (Wildman–Crippen MR) is 90.9 cm³/mol. The summed E-state index contributed by atoms with van der Waals surface area (Å²) in [5.41, 5.74) is 0. The Morgan fingerprint density at radius 1 is 1.28 bits per heavy atom. The molecule has 25 heavy (non-hydrogen) atoms. The summed E-state index contributed by atoms with van der Waals surface area (Å²) in [6.07, 6.45) is 0.661. The van der Waals surface area contributed by atoms with E-state index in [0.29, 0.717) is 5.06 Å². The molecule has 3 atom stereocenters. The van der Waals surface area contributed by atoms with Gasteiger partial charge in [-0.25, -0.2) is 4.79 Å². The first kappa shape index (κ1) is 19.4. The molecule has 1 saturated heterocycles. The van der Waals surface area contributed by atoms with Crippen LogP contribution in [0.1, 0.15) is 48.3 Å². The Morgan fingerprint density at radius 3 is 2.20 bits per heavy atom. The van der Waals surface area contributed by atoms with E-state index in [9.17, 15) is 19.2 Å². The molecule has 1 aliphatic rings. The molecular weight excluding hydrogens is 333 g/mol. The molecule has 0 bridgehead atoms. The van der Waals surface area contributed by atoms with Crippen LogP contribution in [0.5, 0.6) is 0 Å². The zero-order valence-corrected chi connectivity index (χ0v) is 15.8. The first-order valence-corrected chi connectivity index (χ1v) is 8.52. The van der Waals surface area contributed by atoms with Crippen molar-refractivity contribution in [3.63, 3.8) is 0 Å². The van der Waals surface area contributed by atoms with Crippen LogP contribution in [0.25, 0.3) is 0 Å². The second kappa shape index (κ2) is 8.94. The van der Waals surface area contributed by atoms with Gasteiger partial charge < -0.3 is 10.2 Å². The number of hydrogen-bond donors (Lipinski definition) is 1. The zero-order chi connectivity index (χ0) is 20.2. The van der Waals surface area contributed by atoms with Crippen LogP contribution in [0.4, 0.5) is 0 Å². The van der Waals surface area contributed by atoms with E-state index in [1.165, 1.54) is 0 Å². The summed E-state index contributed by atoms with van der Waals surface area (Å²) in [4.78, 5) is 55.2. The van der Waals surface area contributed by atoms with Gasteiger partial charge in [-0.15, -0.1) is 5.06 Å². The number of hydrogen-bond acceptors (Lipinski definition) is 6. The van der Waals surface area contributed by atoms with Crippen LogP contribution in [0.2, 0.25) is 0 Å². The molecule has 3 amide bonds. The summed E-state index contributed by atoms with van der Waals surface area (Å²) >= 11 is 0. The fourth-order valence-electron chi connectivity index (χ4n) is 2.65. The van der Waals surface area contributed by atoms with Crippen LogP contribution >= 0.6 is 0 Å². The number of hydroxylamine groups is 2. The van der Waals surface area contributed by atoms with Gasteiger partial charge in [-0.1, -0.05) is 34.1 Å². The van der Waals surface area contributed by atoms with E-state index in [2.05, 4.69) is 5.32 Å². The molecule has 3 unspecified atom stereocenters. The Balaban J connectivity index is 3.01. The number of nitrogens with one attached hydrogen (secondary N) is 1. The highest BCUT2D eigenvalue weighted by Crippen LogP contribution is 2.16. The number of carbonyl (C=O) groups excluding carboxylic acids is 4. The zero-order valence-electron chi connectivity index (χ0n) is 16.8. The van der Waals surface area contributed by atoms with Gasteiger partial charge >= 0.3 is 5.97 Å². The Hall–Kier alpha value is -1.96. The largest absolute Gasteiger partial charge is 0.355 e. The first-order chi connectivity index (χ1) is 12.0. The highest BCUT2D eigenvalue weighted by atomic mass is 18.1. The van der Waals surface area contributed by atoms with Crippen molar-refractivity contribution in [1.82, 2.24) is 15.3 Å². The third-order valence-corrected chi connectivity index (χ3v) is 4.24. The van der Waals surface area contributed by atoms with Crippen LogP contribution in [0.3, 0.4) is 0 Å². The van der Waals surface area contributed by atoms with E-state index in [1.54, 1.807) is 32.8 Å². The molecule has 8 heteroatoms. The van der Waals surface area contributed by atoms with Gasteiger partial charge in [0.1, 0.15) is 6.02 Å². The van der Waals surface area contributed by atoms with Crippen molar-refractivity contribution in [1.29, 1.82) is 0 Å². The Morgan fingerprint density at radius 2 is 1.80 bits per heavy atom. The fraction of sp³-hybridized carbons (Fsp3) is 0.765. The molecule has 1 rings (SSSR count). The number of nitrogens with zero attached hydrogens (tertiary/aromatic N) is 2. The quantitative estimate of drug-likeness (QED) is 0.295. The summed E-state index contributed by atoms with van der Waals surface area (Å²) in [6, 6.07) is -2.66. The average Bonchev–Trinajstić information content (AvgIpc) is 2.85. The Bertz CT molecular complexity index is 565.